The molecule has 2 heterocycles. The number of piperidine rings is 2. The highest BCUT2D eigenvalue weighted by atomic mass is 16.3. The average molecular weight is 268 g/mol. The summed E-state index contributed by atoms with van der Waals surface area (Å²) < 4.78 is 0. The number of likely N-dealkylation sites (tertiary alicyclic amines) is 2. The van der Waals surface area contributed by atoms with Gasteiger partial charge in [0, 0.05) is 25.7 Å². The van der Waals surface area contributed by atoms with E-state index in [0.29, 0.717) is 24.4 Å². The van der Waals surface area contributed by atoms with Gasteiger partial charge in [-0.15, -0.1) is 0 Å². The Bertz CT molecular complexity index is 296. The van der Waals surface area contributed by atoms with Gasteiger partial charge in [-0.05, 0) is 51.0 Å². The maximum absolute atomic E-state index is 12.5. The van der Waals surface area contributed by atoms with Crippen molar-refractivity contribution in [2.24, 2.45) is 5.92 Å². The van der Waals surface area contributed by atoms with Crippen molar-refractivity contribution in [3.8, 4) is 0 Å². The molecule has 4 heteroatoms. The van der Waals surface area contributed by atoms with Gasteiger partial charge in [-0.1, -0.05) is 6.92 Å². The van der Waals surface area contributed by atoms with Crippen LogP contribution in [0.25, 0.3) is 0 Å². The van der Waals surface area contributed by atoms with E-state index in [0.717, 1.165) is 45.3 Å². The molecule has 0 saturated carbocycles. The van der Waals surface area contributed by atoms with Crippen molar-refractivity contribution in [3.63, 3.8) is 0 Å². The molecule has 1 N–H and O–H groups in total. The number of nitrogens with zero attached hydrogens (tertiary/aromatic N) is 2. The first-order valence-corrected chi connectivity index (χ1v) is 7.87. The molecule has 0 aromatic carbocycles. The van der Waals surface area contributed by atoms with E-state index in [1.54, 1.807) is 0 Å². The topological polar surface area (TPSA) is 43.8 Å². The number of carbonyl (C=O) groups excluding carboxylic acids is 1. The molecule has 2 atom stereocenters. The lowest BCUT2D eigenvalue weighted by atomic mass is 9.98. The zero-order chi connectivity index (χ0) is 13.7. The van der Waals surface area contributed by atoms with Crippen molar-refractivity contribution in [3.05, 3.63) is 0 Å². The molecule has 110 valence electrons. The number of hydrogen-bond acceptors (Lipinski definition) is 3. The molecule has 0 radical (unpaired) electrons. The molecule has 2 unspecified atom stereocenters. The summed E-state index contributed by atoms with van der Waals surface area (Å²) in [5.41, 5.74) is 0. The Morgan fingerprint density at radius 3 is 2.79 bits per heavy atom. The lowest BCUT2D eigenvalue weighted by molar-refractivity contribution is -0.136. The van der Waals surface area contributed by atoms with Gasteiger partial charge in [0.25, 0.3) is 0 Å². The Labute approximate surface area is 116 Å². The predicted octanol–water partition coefficient (Wildman–Crippen LogP) is 1.48. The second kappa shape index (κ2) is 7.25. The van der Waals surface area contributed by atoms with Crippen molar-refractivity contribution in [1.82, 2.24) is 9.80 Å². The summed E-state index contributed by atoms with van der Waals surface area (Å²) in [7, 11) is 0. The first-order chi connectivity index (χ1) is 9.24. The number of carbonyl (C=O) groups is 1. The molecule has 0 aliphatic carbocycles. The second-order valence-corrected chi connectivity index (χ2v) is 6.07. The van der Waals surface area contributed by atoms with Crippen LogP contribution in [0.1, 0.15) is 45.4 Å². The van der Waals surface area contributed by atoms with Crippen LogP contribution in [0.5, 0.6) is 0 Å². The zero-order valence-electron chi connectivity index (χ0n) is 12.2. The van der Waals surface area contributed by atoms with Gasteiger partial charge in [-0.3, -0.25) is 9.69 Å². The van der Waals surface area contributed by atoms with Crippen molar-refractivity contribution >= 4 is 5.91 Å². The van der Waals surface area contributed by atoms with E-state index in [1.807, 2.05) is 0 Å². The summed E-state index contributed by atoms with van der Waals surface area (Å²) >= 11 is 0. The van der Waals surface area contributed by atoms with Gasteiger partial charge in [0.05, 0.1) is 6.54 Å². The van der Waals surface area contributed by atoms with E-state index in [4.69, 9.17) is 0 Å². The van der Waals surface area contributed by atoms with E-state index in [2.05, 4.69) is 16.7 Å². The second-order valence-electron chi connectivity index (χ2n) is 6.07. The third kappa shape index (κ3) is 3.93. The van der Waals surface area contributed by atoms with Crippen LogP contribution in [0.3, 0.4) is 0 Å². The van der Waals surface area contributed by atoms with Gasteiger partial charge in [0.15, 0.2) is 0 Å². The quantitative estimate of drug-likeness (QED) is 0.840. The van der Waals surface area contributed by atoms with Gasteiger partial charge in [0.1, 0.15) is 0 Å². The minimum absolute atomic E-state index is 0.256. The molecular weight excluding hydrogens is 240 g/mol. The average Bonchev–Trinajstić information content (AvgIpc) is 2.47. The molecule has 4 nitrogen and oxygen atoms in total. The van der Waals surface area contributed by atoms with Gasteiger partial charge < -0.3 is 10.0 Å². The summed E-state index contributed by atoms with van der Waals surface area (Å²) in [5.74, 6) is 0.662. The Morgan fingerprint density at radius 2 is 2.05 bits per heavy atom. The first-order valence-electron chi connectivity index (χ1n) is 7.87. The van der Waals surface area contributed by atoms with Crippen LogP contribution in [0.15, 0.2) is 0 Å². The minimum atomic E-state index is 0.256. The van der Waals surface area contributed by atoms with E-state index in [9.17, 15) is 9.90 Å². The number of amides is 1. The Balaban J connectivity index is 1.85. The van der Waals surface area contributed by atoms with Crippen LogP contribution < -0.4 is 0 Å². The van der Waals surface area contributed by atoms with Crippen LogP contribution in [-0.2, 0) is 4.79 Å². The highest BCUT2D eigenvalue weighted by Crippen LogP contribution is 2.21. The fraction of sp³-hybridized carbons (Fsp3) is 0.933. The lowest BCUT2D eigenvalue weighted by Gasteiger charge is -2.38. The Hall–Kier alpha value is -0.610. The molecule has 2 saturated heterocycles. The lowest BCUT2D eigenvalue weighted by Crippen LogP contribution is -2.49. The maximum Gasteiger partial charge on any atom is 0.236 e. The number of aliphatic hydroxyl groups is 1. The third-order valence-electron chi connectivity index (χ3n) is 4.64. The summed E-state index contributed by atoms with van der Waals surface area (Å²) in [6.07, 6.45) is 6.87. The van der Waals surface area contributed by atoms with Crippen molar-refractivity contribution in [1.29, 1.82) is 0 Å². The van der Waals surface area contributed by atoms with E-state index < -0.39 is 0 Å². The standard InChI is InChI=1S/C15H28N2O2/c1-2-14-7-3-4-9-17(14)15(19)11-16-8-5-6-13(10-16)12-18/h13-14,18H,2-12H2,1H3. The smallest absolute Gasteiger partial charge is 0.236 e. The zero-order valence-corrected chi connectivity index (χ0v) is 12.2. The van der Waals surface area contributed by atoms with Crippen molar-refractivity contribution < 1.29 is 9.90 Å². The van der Waals surface area contributed by atoms with Crippen molar-refractivity contribution in [2.75, 3.05) is 32.8 Å². The molecule has 2 fully saturated rings. The molecule has 0 bridgehead atoms. The normalized spacial score (nSPS) is 29.5. The highest BCUT2D eigenvalue weighted by molar-refractivity contribution is 5.78. The molecular formula is C15H28N2O2. The van der Waals surface area contributed by atoms with Gasteiger partial charge in [-0.2, -0.15) is 0 Å². The molecule has 2 aliphatic heterocycles. The molecule has 2 rings (SSSR count). The van der Waals surface area contributed by atoms with Gasteiger partial charge >= 0.3 is 0 Å². The Morgan fingerprint density at radius 1 is 1.21 bits per heavy atom. The van der Waals surface area contributed by atoms with E-state index >= 15 is 0 Å². The molecule has 0 spiro atoms. The highest BCUT2D eigenvalue weighted by Gasteiger charge is 2.28. The largest absolute Gasteiger partial charge is 0.396 e. The van der Waals surface area contributed by atoms with Gasteiger partial charge in [-0.25, -0.2) is 0 Å². The summed E-state index contributed by atoms with van der Waals surface area (Å²) in [6, 6.07) is 0.458. The summed E-state index contributed by atoms with van der Waals surface area (Å²) in [6.45, 7) is 5.81. The number of hydrogen-bond donors (Lipinski definition) is 1. The van der Waals surface area contributed by atoms with E-state index in [-0.39, 0.29) is 6.61 Å². The van der Waals surface area contributed by atoms with Crippen LogP contribution in [-0.4, -0.2) is 59.6 Å². The molecule has 0 aromatic heterocycles. The fourth-order valence-electron chi connectivity index (χ4n) is 3.48. The first kappa shape index (κ1) is 14.8. The molecule has 2 aliphatic rings. The molecule has 0 aromatic rings. The third-order valence-corrected chi connectivity index (χ3v) is 4.64. The summed E-state index contributed by atoms with van der Waals surface area (Å²) in [5, 5.41) is 9.25. The van der Waals surface area contributed by atoms with Crippen LogP contribution in [0.4, 0.5) is 0 Å². The van der Waals surface area contributed by atoms with Gasteiger partial charge in [0.2, 0.25) is 5.91 Å². The number of aliphatic hydroxyl groups excluding tert-OH is 1. The maximum atomic E-state index is 12.5. The monoisotopic (exact) mass is 268 g/mol. The summed E-state index contributed by atoms with van der Waals surface area (Å²) in [4.78, 5) is 16.8. The molecule has 1 amide bonds. The van der Waals surface area contributed by atoms with Crippen LogP contribution in [0.2, 0.25) is 0 Å². The minimum Gasteiger partial charge on any atom is -0.396 e. The van der Waals surface area contributed by atoms with Crippen LogP contribution in [0, 0.1) is 5.92 Å². The van der Waals surface area contributed by atoms with E-state index in [1.165, 1.54) is 12.8 Å². The SMILES string of the molecule is CCC1CCCCN1C(=O)CN1CCCC(CO)C1. The predicted molar refractivity (Wildman–Crippen MR) is 75.9 cm³/mol. The molecule has 19 heavy (non-hydrogen) atoms. The fourth-order valence-corrected chi connectivity index (χ4v) is 3.48. The van der Waals surface area contributed by atoms with Crippen molar-refractivity contribution in [2.45, 2.75) is 51.5 Å². The number of rotatable bonds is 4. The Kier molecular flexibility index (Phi) is 5.64. The van der Waals surface area contributed by atoms with Crippen LogP contribution >= 0.6 is 0 Å².